The molecule has 1 unspecified atom stereocenters. The van der Waals surface area contributed by atoms with Crippen molar-refractivity contribution in [2.45, 2.75) is 45.6 Å². The Bertz CT molecular complexity index is 413. The van der Waals surface area contributed by atoms with Gasteiger partial charge in [0.2, 0.25) is 0 Å². The summed E-state index contributed by atoms with van der Waals surface area (Å²) in [7, 11) is 0. The van der Waals surface area contributed by atoms with Crippen LogP contribution in [0.1, 0.15) is 38.7 Å². The van der Waals surface area contributed by atoms with E-state index >= 15 is 0 Å². The summed E-state index contributed by atoms with van der Waals surface area (Å²) in [6.07, 6.45) is 4.79. The molecule has 0 spiro atoms. The molecule has 1 aliphatic heterocycles. The minimum Gasteiger partial charge on any atom is -0.314 e. The summed E-state index contributed by atoms with van der Waals surface area (Å²) < 4.78 is 13.1. The van der Waals surface area contributed by atoms with Crippen molar-refractivity contribution in [2.24, 2.45) is 5.92 Å². The van der Waals surface area contributed by atoms with E-state index in [0.717, 1.165) is 24.4 Å². The number of hydrogen-bond acceptors (Lipinski definition) is 2. The molecule has 21 heavy (non-hydrogen) atoms. The van der Waals surface area contributed by atoms with Crippen LogP contribution in [-0.2, 0) is 6.42 Å². The van der Waals surface area contributed by atoms with Gasteiger partial charge in [-0.2, -0.15) is 0 Å². The predicted octanol–water partition coefficient (Wildman–Crippen LogP) is 3.47. The Kier molecular flexibility index (Phi) is 6.65. The Labute approximate surface area is 128 Å². The topological polar surface area (TPSA) is 15.3 Å². The number of likely N-dealkylation sites (tertiary alicyclic amines) is 1. The maximum Gasteiger partial charge on any atom is 0.123 e. The van der Waals surface area contributed by atoms with Crippen molar-refractivity contribution in [2.75, 3.05) is 26.2 Å². The second-order valence-electron chi connectivity index (χ2n) is 6.57. The zero-order chi connectivity index (χ0) is 15.1. The van der Waals surface area contributed by atoms with E-state index in [1.165, 1.54) is 45.0 Å². The summed E-state index contributed by atoms with van der Waals surface area (Å²) >= 11 is 0. The summed E-state index contributed by atoms with van der Waals surface area (Å²) in [5.41, 5.74) is 1.07. The van der Waals surface area contributed by atoms with Crippen LogP contribution in [0.25, 0.3) is 0 Å². The zero-order valence-corrected chi connectivity index (χ0v) is 13.4. The van der Waals surface area contributed by atoms with Crippen LogP contribution in [-0.4, -0.2) is 37.1 Å². The number of nitrogens with one attached hydrogen (secondary N) is 1. The first-order valence-corrected chi connectivity index (χ1v) is 8.33. The Morgan fingerprint density at radius 1 is 1.33 bits per heavy atom. The average molecular weight is 292 g/mol. The lowest BCUT2D eigenvalue weighted by Crippen LogP contribution is -2.36. The van der Waals surface area contributed by atoms with E-state index in [-0.39, 0.29) is 5.82 Å². The second-order valence-corrected chi connectivity index (χ2v) is 6.57. The first-order valence-electron chi connectivity index (χ1n) is 8.33. The van der Waals surface area contributed by atoms with Gasteiger partial charge in [-0.25, -0.2) is 4.39 Å². The molecule has 1 aromatic carbocycles. The normalized spacial score (nSPS) is 18.8. The van der Waals surface area contributed by atoms with Crippen molar-refractivity contribution < 1.29 is 4.39 Å². The van der Waals surface area contributed by atoms with Crippen LogP contribution in [0.4, 0.5) is 4.39 Å². The van der Waals surface area contributed by atoms with Gasteiger partial charge in [0.25, 0.3) is 0 Å². The Balaban J connectivity index is 1.58. The highest BCUT2D eigenvalue weighted by atomic mass is 19.1. The molecule has 1 N–H and O–H groups in total. The van der Waals surface area contributed by atoms with E-state index in [2.05, 4.69) is 24.1 Å². The van der Waals surface area contributed by atoms with Crippen LogP contribution in [0, 0.1) is 11.7 Å². The van der Waals surface area contributed by atoms with Crippen molar-refractivity contribution in [3.8, 4) is 0 Å². The highest BCUT2D eigenvalue weighted by molar-refractivity contribution is 5.17. The predicted molar refractivity (Wildman–Crippen MR) is 87.0 cm³/mol. The standard InChI is InChI=1S/C18H29FN2/c1-15-7-11-21(12-8-15)10-4-9-20-16(2)13-17-5-3-6-18(19)14-17/h3,5-6,14-16,20H,4,7-13H2,1-2H3. The third-order valence-corrected chi connectivity index (χ3v) is 4.45. The minimum absolute atomic E-state index is 0.140. The minimum atomic E-state index is -0.140. The van der Waals surface area contributed by atoms with E-state index < -0.39 is 0 Å². The SMILES string of the molecule is CC1CCN(CCCNC(C)Cc2cccc(F)c2)CC1. The van der Waals surface area contributed by atoms with E-state index in [1.807, 2.05) is 6.07 Å². The summed E-state index contributed by atoms with van der Waals surface area (Å²) in [5, 5.41) is 3.55. The molecule has 1 fully saturated rings. The third kappa shape index (κ3) is 6.15. The van der Waals surface area contributed by atoms with E-state index in [0.29, 0.717) is 6.04 Å². The van der Waals surface area contributed by atoms with Gasteiger partial charge in [0.1, 0.15) is 5.82 Å². The molecule has 0 radical (unpaired) electrons. The van der Waals surface area contributed by atoms with E-state index in [9.17, 15) is 4.39 Å². The molecule has 0 amide bonds. The number of benzene rings is 1. The van der Waals surface area contributed by atoms with Crippen LogP contribution in [0.5, 0.6) is 0 Å². The van der Waals surface area contributed by atoms with Gasteiger partial charge in [0, 0.05) is 6.04 Å². The average Bonchev–Trinajstić information content (AvgIpc) is 2.45. The Morgan fingerprint density at radius 2 is 2.10 bits per heavy atom. The molecule has 2 rings (SSSR count). The van der Waals surface area contributed by atoms with Crippen LogP contribution >= 0.6 is 0 Å². The molecule has 118 valence electrons. The van der Waals surface area contributed by atoms with Crippen LogP contribution in [0.2, 0.25) is 0 Å². The maximum absolute atomic E-state index is 13.1. The molecule has 2 nitrogen and oxygen atoms in total. The highest BCUT2D eigenvalue weighted by Gasteiger charge is 2.14. The molecule has 1 heterocycles. The number of piperidine rings is 1. The maximum atomic E-state index is 13.1. The lowest BCUT2D eigenvalue weighted by atomic mass is 9.99. The first-order chi connectivity index (χ1) is 10.1. The van der Waals surface area contributed by atoms with Crippen molar-refractivity contribution in [1.29, 1.82) is 0 Å². The van der Waals surface area contributed by atoms with Gasteiger partial charge in [-0.3, -0.25) is 0 Å². The molecule has 1 aromatic rings. The van der Waals surface area contributed by atoms with Crippen molar-refractivity contribution in [3.05, 3.63) is 35.6 Å². The quantitative estimate of drug-likeness (QED) is 0.774. The molecule has 0 saturated carbocycles. The molecule has 3 heteroatoms. The fourth-order valence-electron chi connectivity index (χ4n) is 3.03. The smallest absolute Gasteiger partial charge is 0.123 e. The van der Waals surface area contributed by atoms with Gasteiger partial charge in [-0.15, -0.1) is 0 Å². The molecule has 0 aromatic heterocycles. The first kappa shape index (κ1) is 16.4. The largest absolute Gasteiger partial charge is 0.314 e. The van der Waals surface area contributed by atoms with Gasteiger partial charge in [0.05, 0.1) is 0 Å². The fraction of sp³-hybridized carbons (Fsp3) is 0.667. The molecule has 0 aliphatic carbocycles. The van der Waals surface area contributed by atoms with Gasteiger partial charge in [-0.05, 0) is 82.4 Å². The Hall–Kier alpha value is -0.930. The van der Waals surface area contributed by atoms with Gasteiger partial charge in [0.15, 0.2) is 0 Å². The second kappa shape index (κ2) is 8.50. The van der Waals surface area contributed by atoms with Gasteiger partial charge >= 0.3 is 0 Å². The number of halogens is 1. The lowest BCUT2D eigenvalue weighted by molar-refractivity contribution is 0.190. The van der Waals surface area contributed by atoms with Gasteiger partial charge in [-0.1, -0.05) is 19.1 Å². The molecule has 1 aliphatic rings. The Morgan fingerprint density at radius 3 is 2.81 bits per heavy atom. The molecule has 1 atom stereocenters. The number of hydrogen-bond donors (Lipinski definition) is 1. The lowest BCUT2D eigenvalue weighted by Gasteiger charge is -2.30. The zero-order valence-electron chi connectivity index (χ0n) is 13.4. The number of nitrogens with zero attached hydrogens (tertiary/aromatic N) is 1. The van der Waals surface area contributed by atoms with Crippen molar-refractivity contribution in [1.82, 2.24) is 10.2 Å². The number of rotatable bonds is 7. The summed E-state index contributed by atoms with van der Waals surface area (Å²) in [6.45, 7) is 9.30. The third-order valence-electron chi connectivity index (χ3n) is 4.45. The van der Waals surface area contributed by atoms with Gasteiger partial charge < -0.3 is 10.2 Å². The highest BCUT2D eigenvalue weighted by Crippen LogP contribution is 2.15. The van der Waals surface area contributed by atoms with Crippen molar-refractivity contribution >= 4 is 0 Å². The summed E-state index contributed by atoms with van der Waals surface area (Å²) in [5.74, 6) is 0.768. The van der Waals surface area contributed by atoms with E-state index in [1.54, 1.807) is 12.1 Å². The molecular formula is C18H29FN2. The van der Waals surface area contributed by atoms with Crippen LogP contribution < -0.4 is 5.32 Å². The van der Waals surface area contributed by atoms with E-state index in [4.69, 9.17) is 0 Å². The molecular weight excluding hydrogens is 263 g/mol. The fourth-order valence-corrected chi connectivity index (χ4v) is 3.03. The van der Waals surface area contributed by atoms with Crippen LogP contribution in [0.3, 0.4) is 0 Å². The molecule has 1 saturated heterocycles. The summed E-state index contributed by atoms with van der Waals surface area (Å²) in [4.78, 5) is 2.58. The van der Waals surface area contributed by atoms with Crippen LogP contribution in [0.15, 0.2) is 24.3 Å². The van der Waals surface area contributed by atoms with Crippen molar-refractivity contribution in [3.63, 3.8) is 0 Å². The summed E-state index contributed by atoms with van der Waals surface area (Å²) in [6, 6.07) is 7.31. The molecule has 0 bridgehead atoms. The monoisotopic (exact) mass is 292 g/mol.